The summed E-state index contributed by atoms with van der Waals surface area (Å²) in [6.07, 6.45) is 10.6. The maximum atomic E-state index is 2.65. The molecule has 0 aliphatic heterocycles. The Morgan fingerprint density at radius 1 is 0.885 bits per heavy atom. The zero-order valence-corrected chi connectivity index (χ0v) is 17.9. The molecule has 4 atom stereocenters. The zero-order valence-electron chi connectivity index (χ0n) is 15.7. The highest BCUT2D eigenvalue weighted by molar-refractivity contribution is 14.1. The van der Waals surface area contributed by atoms with Gasteiger partial charge in [-0.05, 0) is 65.3 Å². The van der Waals surface area contributed by atoms with E-state index in [9.17, 15) is 0 Å². The standard InChI is InChI=1S/C25H27I/c1-25(2)23-6-4-3-5-21(23)22-12-10-19(15-24(22)25)16-7-8-18-14-20(26)11-9-17(18)13-16/h3-8,10,12,15-18,20H,9,11,13-14H2,1-2H3. The Morgan fingerprint density at radius 2 is 1.69 bits per heavy atom. The number of hydrogen-bond donors (Lipinski definition) is 0. The van der Waals surface area contributed by atoms with E-state index >= 15 is 0 Å². The van der Waals surface area contributed by atoms with Gasteiger partial charge < -0.3 is 0 Å². The minimum Gasteiger partial charge on any atom is -0.0845 e. The molecule has 0 radical (unpaired) electrons. The highest BCUT2D eigenvalue weighted by atomic mass is 127. The van der Waals surface area contributed by atoms with Crippen LogP contribution in [0.4, 0.5) is 0 Å². The van der Waals surface area contributed by atoms with Crippen LogP contribution in [0.1, 0.15) is 62.1 Å². The molecule has 2 aromatic rings. The van der Waals surface area contributed by atoms with Gasteiger partial charge in [0.25, 0.3) is 0 Å². The topological polar surface area (TPSA) is 0 Å². The predicted octanol–water partition coefficient (Wildman–Crippen LogP) is 7.26. The molecule has 3 aliphatic rings. The smallest absolute Gasteiger partial charge is 0.0158 e. The van der Waals surface area contributed by atoms with Crippen molar-refractivity contribution in [3.05, 3.63) is 71.3 Å². The summed E-state index contributed by atoms with van der Waals surface area (Å²) in [6.45, 7) is 4.77. The molecular formula is C25H27I. The summed E-state index contributed by atoms with van der Waals surface area (Å²) in [4.78, 5) is 0. The van der Waals surface area contributed by atoms with E-state index in [0.717, 1.165) is 15.8 Å². The van der Waals surface area contributed by atoms with E-state index in [1.807, 2.05) is 0 Å². The predicted molar refractivity (Wildman–Crippen MR) is 119 cm³/mol. The average molecular weight is 454 g/mol. The van der Waals surface area contributed by atoms with E-state index < -0.39 is 0 Å². The van der Waals surface area contributed by atoms with Crippen LogP contribution in [-0.2, 0) is 5.41 Å². The summed E-state index contributed by atoms with van der Waals surface area (Å²) >= 11 is 2.65. The number of allylic oxidation sites excluding steroid dienone is 2. The van der Waals surface area contributed by atoms with Crippen LogP contribution in [0, 0.1) is 11.8 Å². The summed E-state index contributed by atoms with van der Waals surface area (Å²) in [6, 6.07) is 16.3. The van der Waals surface area contributed by atoms with Crippen molar-refractivity contribution in [3.8, 4) is 11.1 Å². The number of benzene rings is 2. The molecule has 0 heterocycles. The van der Waals surface area contributed by atoms with Gasteiger partial charge in [0.15, 0.2) is 0 Å². The third-order valence-electron chi connectivity index (χ3n) is 7.17. The van der Waals surface area contributed by atoms with Gasteiger partial charge in [-0.25, -0.2) is 0 Å². The van der Waals surface area contributed by atoms with Crippen molar-refractivity contribution in [2.45, 2.75) is 54.8 Å². The van der Waals surface area contributed by atoms with Crippen molar-refractivity contribution < 1.29 is 0 Å². The molecule has 3 aliphatic carbocycles. The van der Waals surface area contributed by atoms with Gasteiger partial charge in [0.2, 0.25) is 0 Å². The third-order valence-corrected chi connectivity index (χ3v) is 8.30. The van der Waals surface area contributed by atoms with Crippen LogP contribution >= 0.6 is 22.6 Å². The van der Waals surface area contributed by atoms with Gasteiger partial charge in [-0.3, -0.25) is 0 Å². The monoisotopic (exact) mass is 454 g/mol. The van der Waals surface area contributed by atoms with Crippen molar-refractivity contribution in [3.63, 3.8) is 0 Å². The molecule has 0 bridgehead atoms. The summed E-state index contributed by atoms with van der Waals surface area (Å²) in [5, 5.41) is 0. The van der Waals surface area contributed by atoms with Crippen LogP contribution < -0.4 is 0 Å². The number of alkyl halides is 1. The number of hydrogen-bond acceptors (Lipinski definition) is 0. The van der Waals surface area contributed by atoms with E-state index in [0.29, 0.717) is 5.92 Å². The quantitative estimate of drug-likeness (QED) is 0.242. The first-order chi connectivity index (χ1) is 12.5. The Balaban J connectivity index is 1.50. The maximum absolute atomic E-state index is 2.65. The highest BCUT2D eigenvalue weighted by Gasteiger charge is 2.36. The Labute approximate surface area is 171 Å². The van der Waals surface area contributed by atoms with E-state index in [1.165, 1.54) is 53.5 Å². The number of rotatable bonds is 1. The second kappa shape index (κ2) is 6.22. The largest absolute Gasteiger partial charge is 0.0845 e. The molecule has 0 saturated heterocycles. The van der Waals surface area contributed by atoms with E-state index in [-0.39, 0.29) is 5.41 Å². The van der Waals surface area contributed by atoms with Gasteiger partial charge in [-0.1, -0.05) is 91.1 Å². The molecule has 0 N–H and O–H groups in total. The molecule has 4 unspecified atom stereocenters. The summed E-state index contributed by atoms with van der Waals surface area (Å²) in [7, 11) is 0. The fourth-order valence-electron chi connectivity index (χ4n) is 5.62. The van der Waals surface area contributed by atoms with Crippen molar-refractivity contribution in [1.29, 1.82) is 0 Å². The van der Waals surface area contributed by atoms with E-state index in [4.69, 9.17) is 0 Å². The highest BCUT2D eigenvalue weighted by Crippen LogP contribution is 2.50. The second-order valence-electron chi connectivity index (χ2n) is 9.04. The van der Waals surface area contributed by atoms with Crippen molar-refractivity contribution in [1.82, 2.24) is 0 Å². The molecule has 0 aromatic heterocycles. The van der Waals surface area contributed by atoms with Crippen LogP contribution in [0.5, 0.6) is 0 Å². The minimum absolute atomic E-state index is 0.113. The fourth-order valence-corrected chi connectivity index (χ4v) is 6.57. The third kappa shape index (κ3) is 2.61. The lowest BCUT2D eigenvalue weighted by molar-refractivity contribution is 0.258. The molecule has 2 aromatic carbocycles. The van der Waals surface area contributed by atoms with Gasteiger partial charge in [0, 0.05) is 15.3 Å². The molecule has 5 rings (SSSR count). The van der Waals surface area contributed by atoms with E-state index in [1.54, 1.807) is 0 Å². The molecule has 1 heteroatoms. The second-order valence-corrected chi connectivity index (χ2v) is 10.8. The Hall–Kier alpha value is -1.09. The van der Waals surface area contributed by atoms with Crippen LogP contribution in [0.2, 0.25) is 0 Å². The zero-order chi connectivity index (χ0) is 17.9. The molecule has 26 heavy (non-hydrogen) atoms. The molecule has 1 fully saturated rings. The van der Waals surface area contributed by atoms with Gasteiger partial charge in [-0.2, -0.15) is 0 Å². The molecular weight excluding hydrogens is 427 g/mol. The first-order valence-corrected chi connectivity index (χ1v) is 11.4. The lowest BCUT2D eigenvalue weighted by Crippen LogP contribution is -2.27. The summed E-state index contributed by atoms with van der Waals surface area (Å²) in [5.41, 5.74) is 7.50. The van der Waals surface area contributed by atoms with E-state index in [2.05, 4.69) is 91.1 Å². The molecule has 0 spiro atoms. The lowest BCUT2D eigenvalue weighted by atomic mass is 9.69. The van der Waals surface area contributed by atoms with Crippen molar-refractivity contribution >= 4 is 22.6 Å². The van der Waals surface area contributed by atoms with Crippen LogP contribution in [0.25, 0.3) is 11.1 Å². The Bertz CT molecular complexity index is 875. The average Bonchev–Trinajstić information content (AvgIpc) is 2.89. The summed E-state index contributed by atoms with van der Waals surface area (Å²) < 4.78 is 0.884. The Kier molecular flexibility index (Phi) is 4.08. The normalized spacial score (nSPS) is 31.2. The first-order valence-electron chi connectivity index (χ1n) is 10.1. The van der Waals surface area contributed by atoms with Crippen LogP contribution in [0.15, 0.2) is 54.6 Å². The molecule has 134 valence electrons. The van der Waals surface area contributed by atoms with Gasteiger partial charge in [0.1, 0.15) is 0 Å². The Morgan fingerprint density at radius 3 is 2.58 bits per heavy atom. The first kappa shape index (κ1) is 17.0. The SMILES string of the molecule is CC1(C)c2ccccc2-c2ccc(C3C=CC4CC(I)CCC4C3)cc21. The lowest BCUT2D eigenvalue weighted by Gasteiger charge is -2.37. The number of halogens is 1. The molecule has 0 amide bonds. The number of fused-ring (bicyclic) bond motifs is 4. The van der Waals surface area contributed by atoms with Crippen molar-refractivity contribution in [2.24, 2.45) is 11.8 Å². The summed E-state index contributed by atoms with van der Waals surface area (Å²) in [5.74, 6) is 2.33. The minimum atomic E-state index is 0.113. The molecule has 1 saturated carbocycles. The van der Waals surface area contributed by atoms with Crippen LogP contribution in [-0.4, -0.2) is 3.92 Å². The molecule has 0 nitrogen and oxygen atoms in total. The van der Waals surface area contributed by atoms with Gasteiger partial charge >= 0.3 is 0 Å². The maximum Gasteiger partial charge on any atom is 0.0158 e. The fraction of sp³-hybridized carbons (Fsp3) is 0.440. The van der Waals surface area contributed by atoms with Crippen molar-refractivity contribution in [2.75, 3.05) is 0 Å². The van der Waals surface area contributed by atoms with Gasteiger partial charge in [-0.15, -0.1) is 0 Å². The van der Waals surface area contributed by atoms with Gasteiger partial charge in [0.05, 0.1) is 0 Å². The van der Waals surface area contributed by atoms with Crippen LogP contribution in [0.3, 0.4) is 0 Å².